The lowest BCUT2D eigenvalue weighted by molar-refractivity contribution is 0.102. The molecule has 1 atom stereocenters. The normalized spacial score (nSPS) is 16.3. The summed E-state index contributed by atoms with van der Waals surface area (Å²) in [6.45, 7) is 2.85. The number of aromatic nitrogens is 1. The van der Waals surface area contributed by atoms with Crippen LogP contribution in [0, 0.1) is 12.8 Å². The van der Waals surface area contributed by atoms with Gasteiger partial charge in [-0.05, 0) is 49.1 Å². The molecule has 0 aliphatic carbocycles. The smallest absolute Gasteiger partial charge is 0.260 e. The largest absolute Gasteiger partial charge is 0.496 e. The average Bonchev–Trinajstić information content (AvgIpc) is 3.15. The van der Waals surface area contributed by atoms with Crippen LogP contribution in [0.3, 0.4) is 0 Å². The number of ether oxygens (including phenoxy) is 2. The Morgan fingerprint density at radius 3 is 2.79 bits per heavy atom. The van der Waals surface area contributed by atoms with E-state index >= 15 is 0 Å². The maximum Gasteiger partial charge on any atom is 0.260 e. The topological polar surface area (TPSA) is 94.6 Å². The molecule has 0 spiro atoms. The molecule has 0 saturated carbocycles. The molecule has 1 amide bonds. The second-order valence-electron chi connectivity index (χ2n) is 6.50. The first-order chi connectivity index (χ1) is 12.9. The second-order valence-corrected chi connectivity index (χ2v) is 8.53. The monoisotopic (exact) mass is 424 g/mol. The van der Waals surface area contributed by atoms with Gasteiger partial charge in [0, 0.05) is 12.8 Å². The number of hydrogen-bond acceptors (Lipinski definition) is 6. The van der Waals surface area contributed by atoms with E-state index in [1.54, 1.807) is 12.3 Å². The highest BCUT2D eigenvalue weighted by Gasteiger charge is 2.26. The molecule has 0 unspecified atom stereocenters. The van der Waals surface area contributed by atoms with E-state index in [9.17, 15) is 13.2 Å². The molecule has 1 aromatic carbocycles. The lowest BCUT2D eigenvalue weighted by Crippen LogP contribution is -2.19. The van der Waals surface area contributed by atoms with Crippen molar-refractivity contribution in [3.63, 3.8) is 0 Å². The van der Waals surface area contributed by atoms with Gasteiger partial charge in [0.15, 0.2) is 9.84 Å². The van der Waals surface area contributed by atoms with E-state index in [0.717, 1.165) is 12.0 Å². The van der Waals surface area contributed by atoms with Crippen LogP contribution < -0.4 is 10.1 Å². The predicted molar refractivity (Wildman–Crippen MR) is 111 cm³/mol. The fraction of sp³-hybridized carbons (Fsp3) is 0.368. The van der Waals surface area contributed by atoms with E-state index < -0.39 is 15.7 Å². The van der Waals surface area contributed by atoms with Gasteiger partial charge in [-0.3, -0.25) is 4.79 Å². The number of nitrogens with zero attached hydrogens (tertiary/aromatic N) is 1. The summed E-state index contributed by atoms with van der Waals surface area (Å²) in [5, 5.41) is 2.71. The summed E-state index contributed by atoms with van der Waals surface area (Å²) in [6, 6.07) is 7.92. The molecular weight excluding hydrogens is 400 g/mol. The first-order valence-electron chi connectivity index (χ1n) is 8.62. The molecule has 3 rings (SSSR count). The Hall–Kier alpha value is -2.10. The number of pyridine rings is 1. The first-order valence-corrected chi connectivity index (χ1v) is 10.3. The number of nitrogens with one attached hydrogen (secondary N) is 1. The molecule has 152 valence electrons. The Labute approximate surface area is 171 Å². The van der Waals surface area contributed by atoms with Gasteiger partial charge in [-0.1, -0.05) is 6.07 Å². The number of sulfone groups is 1. The molecule has 1 aliphatic rings. The number of anilines is 1. The predicted octanol–water partition coefficient (Wildman–Crippen LogP) is 2.57. The van der Waals surface area contributed by atoms with Crippen LogP contribution in [0.4, 0.5) is 5.82 Å². The standard InChI is InChI=1S/C19H22N2O5S.H2S/c1-13-4-3-8-20-18(13)21-19(22)16-10-15(5-6-17(16)25-2)27(23,24)12-14-7-9-26-11-14;/h3-6,8,10,14H,7,9,11-12H2,1-2H3,(H,20,21,22);1H2/t14-;/m0./s1. The molecule has 7 nitrogen and oxygen atoms in total. The van der Waals surface area contributed by atoms with Crippen molar-refractivity contribution in [2.75, 3.05) is 31.4 Å². The van der Waals surface area contributed by atoms with E-state index in [1.165, 1.54) is 25.3 Å². The molecule has 9 heteroatoms. The summed E-state index contributed by atoms with van der Waals surface area (Å²) < 4.78 is 36.0. The van der Waals surface area contributed by atoms with E-state index in [2.05, 4.69) is 10.3 Å². The zero-order chi connectivity index (χ0) is 19.4. The summed E-state index contributed by atoms with van der Waals surface area (Å²) in [5.74, 6) is 0.213. The number of amides is 1. The third kappa shape index (κ3) is 5.03. The van der Waals surface area contributed by atoms with Crippen LogP contribution in [-0.4, -0.2) is 45.4 Å². The highest BCUT2D eigenvalue weighted by molar-refractivity contribution is 7.91. The second kappa shape index (κ2) is 9.40. The van der Waals surface area contributed by atoms with Crippen molar-refractivity contribution < 1.29 is 22.7 Å². The molecule has 1 saturated heterocycles. The lowest BCUT2D eigenvalue weighted by atomic mass is 10.1. The molecule has 1 fully saturated rings. The van der Waals surface area contributed by atoms with Gasteiger partial charge in [0.2, 0.25) is 0 Å². The zero-order valence-corrected chi connectivity index (χ0v) is 17.6. The van der Waals surface area contributed by atoms with E-state index in [-0.39, 0.29) is 35.6 Å². The Bertz CT molecular complexity index is 941. The average molecular weight is 425 g/mol. The van der Waals surface area contributed by atoms with Gasteiger partial charge in [-0.15, -0.1) is 0 Å². The van der Waals surface area contributed by atoms with Gasteiger partial charge in [0.05, 0.1) is 29.9 Å². The fourth-order valence-electron chi connectivity index (χ4n) is 2.97. The summed E-state index contributed by atoms with van der Waals surface area (Å²) in [7, 11) is -2.10. The van der Waals surface area contributed by atoms with Crippen LogP contribution in [0.15, 0.2) is 41.4 Å². The van der Waals surface area contributed by atoms with Crippen LogP contribution >= 0.6 is 13.5 Å². The maximum absolute atomic E-state index is 12.7. The minimum absolute atomic E-state index is 0. The molecular formula is C19H24N2O5S2. The van der Waals surface area contributed by atoms with E-state index in [4.69, 9.17) is 9.47 Å². The van der Waals surface area contributed by atoms with Crippen molar-refractivity contribution in [1.82, 2.24) is 4.98 Å². The molecule has 0 bridgehead atoms. The third-order valence-corrected chi connectivity index (χ3v) is 6.38. The molecule has 1 aliphatic heterocycles. The van der Waals surface area contributed by atoms with Gasteiger partial charge >= 0.3 is 0 Å². The van der Waals surface area contributed by atoms with Crippen molar-refractivity contribution in [3.8, 4) is 5.75 Å². The molecule has 2 aromatic rings. The number of methoxy groups -OCH3 is 1. The quantitative estimate of drug-likeness (QED) is 0.766. The van der Waals surface area contributed by atoms with Crippen LogP contribution in [0.5, 0.6) is 5.75 Å². The summed E-state index contributed by atoms with van der Waals surface area (Å²) in [6.07, 6.45) is 2.30. The van der Waals surface area contributed by atoms with Crippen molar-refractivity contribution in [1.29, 1.82) is 0 Å². The SMILES string of the molecule is COc1ccc(S(=O)(=O)C[C@H]2CCOC2)cc1C(=O)Nc1ncccc1C.S. The Morgan fingerprint density at radius 2 is 2.14 bits per heavy atom. The van der Waals surface area contributed by atoms with Crippen molar-refractivity contribution in [2.45, 2.75) is 18.2 Å². The van der Waals surface area contributed by atoms with Gasteiger partial charge < -0.3 is 14.8 Å². The van der Waals surface area contributed by atoms with Crippen LogP contribution in [0.25, 0.3) is 0 Å². The van der Waals surface area contributed by atoms with Gasteiger partial charge in [0.1, 0.15) is 11.6 Å². The zero-order valence-electron chi connectivity index (χ0n) is 15.8. The van der Waals surface area contributed by atoms with E-state index in [0.29, 0.717) is 24.8 Å². The summed E-state index contributed by atoms with van der Waals surface area (Å²) >= 11 is 0. The number of rotatable bonds is 6. The van der Waals surface area contributed by atoms with Crippen molar-refractivity contribution in [3.05, 3.63) is 47.7 Å². The van der Waals surface area contributed by atoms with Gasteiger partial charge in [-0.25, -0.2) is 13.4 Å². The number of benzene rings is 1. The number of carbonyl (C=O) groups is 1. The Morgan fingerprint density at radius 1 is 1.36 bits per heavy atom. The molecule has 2 heterocycles. The van der Waals surface area contributed by atoms with Gasteiger partial charge in [0.25, 0.3) is 5.91 Å². The molecule has 1 N–H and O–H groups in total. The number of hydrogen-bond donors (Lipinski definition) is 1. The summed E-state index contributed by atoms with van der Waals surface area (Å²) in [4.78, 5) is 17.0. The minimum atomic E-state index is -3.54. The summed E-state index contributed by atoms with van der Waals surface area (Å²) in [5.41, 5.74) is 0.945. The number of aryl methyl sites for hydroxylation is 1. The van der Waals surface area contributed by atoms with Crippen molar-refractivity contribution >= 4 is 35.1 Å². The Balaban J connectivity index is 0.00000280. The minimum Gasteiger partial charge on any atom is -0.496 e. The van der Waals surface area contributed by atoms with E-state index in [1.807, 2.05) is 13.0 Å². The Kier molecular flexibility index (Phi) is 7.45. The number of carbonyl (C=O) groups excluding carboxylic acids is 1. The first kappa shape index (κ1) is 22.2. The van der Waals surface area contributed by atoms with Crippen LogP contribution in [0.2, 0.25) is 0 Å². The van der Waals surface area contributed by atoms with Crippen molar-refractivity contribution in [2.24, 2.45) is 5.92 Å². The van der Waals surface area contributed by atoms with Crippen LogP contribution in [0.1, 0.15) is 22.3 Å². The molecule has 1 aromatic heterocycles. The molecule has 28 heavy (non-hydrogen) atoms. The molecule has 0 radical (unpaired) electrons. The van der Waals surface area contributed by atoms with Crippen LogP contribution in [-0.2, 0) is 14.6 Å². The fourth-order valence-corrected chi connectivity index (χ4v) is 4.62. The highest BCUT2D eigenvalue weighted by Crippen LogP contribution is 2.26. The maximum atomic E-state index is 12.7. The highest BCUT2D eigenvalue weighted by atomic mass is 32.2. The van der Waals surface area contributed by atoms with Gasteiger partial charge in [-0.2, -0.15) is 13.5 Å². The lowest BCUT2D eigenvalue weighted by Gasteiger charge is -2.13. The third-order valence-electron chi connectivity index (χ3n) is 4.50.